The first-order chi connectivity index (χ1) is 15.6. The molecule has 0 saturated carbocycles. The number of nitrogens with one attached hydrogen (secondary N) is 1. The predicted molar refractivity (Wildman–Crippen MR) is 123 cm³/mol. The molecule has 0 saturated heterocycles. The molecule has 0 fully saturated rings. The highest BCUT2D eigenvalue weighted by atomic mass is 16.5. The molecule has 0 spiro atoms. The van der Waals surface area contributed by atoms with Gasteiger partial charge in [-0.05, 0) is 35.7 Å². The van der Waals surface area contributed by atoms with Crippen LogP contribution < -0.4 is 10.1 Å². The van der Waals surface area contributed by atoms with E-state index >= 15 is 0 Å². The lowest BCUT2D eigenvalue weighted by Crippen LogP contribution is -2.26. The van der Waals surface area contributed by atoms with Crippen LogP contribution in [0.3, 0.4) is 0 Å². The molecular weight excluding hydrogens is 402 g/mol. The minimum Gasteiger partial charge on any atom is -0.497 e. The summed E-state index contributed by atoms with van der Waals surface area (Å²) < 4.78 is 10.5. The molecule has 1 amide bonds. The molecule has 3 aromatic carbocycles. The summed E-state index contributed by atoms with van der Waals surface area (Å²) in [7, 11) is 1.63. The van der Waals surface area contributed by atoms with Crippen molar-refractivity contribution in [3.63, 3.8) is 0 Å². The van der Waals surface area contributed by atoms with Gasteiger partial charge >= 0.3 is 0 Å². The minimum absolute atomic E-state index is 0.0692. The van der Waals surface area contributed by atoms with Crippen LogP contribution in [0.5, 0.6) is 5.75 Å². The molecule has 4 aromatic rings. The van der Waals surface area contributed by atoms with Crippen LogP contribution in [-0.2, 0) is 11.2 Å². The molecule has 1 N–H and O–H groups in total. The molecule has 0 bridgehead atoms. The van der Waals surface area contributed by atoms with Crippen molar-refractivity contribution in [3.05, 3.63) is 90.3 Å². The molecule has 1 heterocycles. The van der Waals surface area contributed by atoms with E-state index in [1.165, 1.54) is 0 Å². The Bertz CT molecular complexity index is 1150. The van der Waals surface area contributed by atoms with E-state index in [-0.39, 0.29) is 18.4 Å². The molecule has 4 rings (SSSR count). The van der Waals surface area contributed by atoms with E-state index < -0.39 is 0 Å². The average molecular weight is 428 g/mol. The number of benzene rings is 3. The van der Waals surface area contributed by atoms with Gasteiger partial charge in [0.2, 0.25) is 17.6 Å². The fourth-order valence-corrected chi connectivity index (χ4v) is 3.43. The second-order valence-electron chi connectivity index (χ2n) is 7.52. The Kier molecular flexibility index (Phi) is 6.60. The largest absolute Gasteiger partial charge is 0.497 e. The SMILES string of the molecule is COc1ccc([C@@H](C)NC(=O)CCc2nc(-c3ccc(-c4ccccc4)cc3)no2)cc1. The second kappa shape index (κ2) is 9.92. The van der Waals surface area contributed by atoms with Gasteiger partial charge in [0.1, 0.15) is 5.75 Å². The third-order valence-electron chi connectivity index (χ3n) is 5.28. The summed E-state index contributed by atoms with van der Waals surface area (Å²) in [4.78, 5) is 16.8. The van der Waals surface area contributed by atoms with Crippen molar-refractivity contribution in [1.82, 2.24) is 15.5 Å². The Hall–Kier alpha value is -3.93. The number of rotatable bonds is 8. The maximum atomic E-state index is 12.3. The Morgan fingerprint density at radius 2 is 1.59 bits per heavy atom. The molecular formula is C26H25N3O3. The molecule has 162 valence electrons. The van der Waals surface area contributed by atoms with Crippen LogP contribution in [0.2, 0.25) is 0 Å². The molecule has 6 heteroatoms. The van der Waals surface area contributed by atoms with E-state index in [1.54, 1.807) is 7.11 Å². The van der Waals surface area contributed by atoms with Gasteiger partial charge in [-0.1, -0.05) is 71.9 Å². The van der Waals surface area contributed by atoms with Crippen molar-refractivity contribution in [2.45, 2.75) is 25.8 Å². The number of aromatic nitrogens is 2. The monoisotopic (exact) mass is 427 g/mol. The minimum atomic E-state index is -0.102. The molecule has 0 unspecified atom stereocenters. The van der Waals surface area contributed by atoms with Crippen LogP contribution in [0.4, 0.5) is 0 Å². The molecule has 32 heavy (non-hydrogen) atoms. The Labute approximate surface area is 187 Å². The van der Waals surface area contributed by atoms with E-state index in [1.807, 2.05) is 73.7 Å². The number of nitrogens with zero attached hydrogens (tertiary/aromatic N) is 2. The highest BCUT2D eigenvalue weighted by Gasteiger charge is 2.13. The van der Waals surface area contributed by atoms with E-state index in [9.17, 15) is 4.79 Å². The van der Waals surface area contributed by atoms with Gasteiger partial charge in [-0.25, -0.2) is 0 Å². The summed E-state index contributed by atoms with van der Waals surface area (Å²) in [6.45, 7) is 1.95. The zero-order chi connectivity index (χ0) is 22.3. The fourth-order valence-electron chi connectivity index (χ4n) is 3.43. The van der Waals surface area contributed by atoms with E-state index in [4.69, 9.17) is 9.26 Å². The summed E-state index contributed by atoms with van der Waals surface area (Å²) in [6.07, 6.45) is 0.658. The maximum absolute atomic E-state index is 12.3. The number of ether oxygens (including phenoxy) is 1. The third-order valence-corrected chi connectivity index (χ3v) is 5.28. The van der Waals surface area contributed by atoms with Gasteiger partial charge in [0.15, 0.2) is 0 Å². The zero-order valence-electron chi connectivity index (χ0n) is 18.1. The Morgan fingerprint density at radius 3 is 2.28 bits per heavy atom. The van der Waals surface area contributed by atoms with Gasteiger partial charge in [0.25, 0.3) is 0 Å². The topological polar surface area (TPSA) is 77.2 Å². The smallest absolute Gasteiger partial charge is 0.227 e. The van der Waals surface area contributed by atoms with Crippen LogP contribution in [0.15, 0.2) is 83.4 Å². The maximum Gasteiger partial charge on any atom is 0.227 e. The quantitative estimate of drug-likeness (QED) is 0.417. The Balaban J connectivity index is 1.31. The lowest BCUT2D eigenvalue weighted by Gasteiger charge is -2.14. The van der Waals surface area contributed by atoms with Crippen molar-refractivity contribution in [1.29, 1.82) is 0 Å². The van der Waals surface area contributed by atoms with Gasteiger partial charge in [-0.2, -0.15) is 4.98 Å². The summed E-state index contributed by atoms with van der Waals surface area (Å²) in [6, 6.07) is 25.7. The summed E-state index contributed by atoms with van der Waals surface area (Å²) in [5, 5.41) is 7.06. The number of methoxy groups -OCH3 is 1. The van der Waals surface area contributed by atoms with Crippen LogP contribution in [0.1, 0.15) is 30.8 Å². The summed E-state index contributed by atoms with van der Waals surface area (Å²) >= 11 is 0. The van der Waals surface area contributed by atoms with E-state index in [0.717, 1.165) is 28.0 Å². The normalized spacial score (nSPS) is 11.7. The lowest BCUT2D eigenvalue weighted by molar-refractivity contribution is -0.121. The van der Waals surface area contributed by atoms with Gasteiger partial charge < -0.3 is 14.6 Å². The number of carbonyl (C=O) groups excluding carboxylic acids is 1. The molecule has 6 nitrogen and oxygen atoms in total. The molecule has 1 atom stereocenters. The van der Waals surface area contributed by atoms with Gasteiger partial charge in [0.05, 0.1) is 13.2 Å². The Morgan fingerprint density at radius 1 is 0.938 bits per heavy atom. The highest BCUT2D eigenvalue weighted by Crippen LogP contribution is 2.23. The summed E-state index contributed by atoms with van der Waals surface area (Å²) in [5.41, 5.74) is 4.17. The van der Waals surface area contributed by atoms with E-state index in [2.05, 4.69) is 27.6 Å². The molecule has 1 aromatic heterocycles. The molecule has 0 aliphatic carbocycles. The first kappa shape index (κ1) is 21.3. The predicted octanol–water partition coefficient (Wildman–Crippen LogP) is 5.22. The van der Waals surface area contributed by atoms with Gasteiger partial charge in [-0.15, -0.1) is 0 Å². The first-order valence-electron chi connectivity index (χ1n) is 10.5. The van der Waals surface area contributed by atoms with Crippen LogP contribution in [0.25, 0.3) is 22.5 Å². The van der Waals surface area contributed by atoms with Gasteiger partial charge in [-0.3, -0.25) is 4.79 Å². The fraction of sp³-hybridized carbons (Fsp3) is 0.192. The lowest BCUT2D eigenvalue weighted by atomic mass is 10.0. The van der Waals surface area contributed by atoms with Crippen molar-refractivity contribution in [2.24, 2.45) is 0 Å². The first-order valence-corrected chi connectivity index (χ1v) is 10.5. The number of hydrogen-bond acceptors (Lipinski definition) is 5. The van der Waals surface area contributed by atoms with Crippen LogP contribution in [0, 0.1) is 0 Å². The summed E-state index contributed by atoms with van der Waals surface area (Å²) in [5.74, 6) is 1.68. The standard InChI is InChI=1S/C26H25N3O3/c1-18(19-12-14-23(31-2)15-13-19)27-24(30)16-17-25-28-26(29-32-25)22-10-8-21(9-11-22)20-6-4-3-5-7-20/h3-15,18H,16-17H2,1-2H3,(H,27,30)/t18-/m1/s1. The number of hydrogen-bond donors (Lipinski definition) is 1. The number of amides is 1. The van der Waals surface area contributed by atoms with Crippen molar-refractivity contribution in [2.75, 3.05) is 7.11 Å². The van der Waals surface area contributed by atoms with Crippen LogP contribution in [-0.4, -0.2) is 23.2 Å². The zero-order valence-corrected chi connectivity index (χ0v) is 18.1. The second-order valence-corrected chi connectivity index (χ2v) is 7.52. The van der Waals surface area contributed by atoms with Crippen molar-refractivity contribution >= 4 is 5.91 Å². The number of aryl methyl sites for hydroxylation is 1. The van der Waals surface area contributed by atoms with Crippen LogP contribution >= 0.6 is 0 Å². The van der Waals surface area contributed by atoms with E-state index in [0.29, 0.717) is 18.1 Å². The van der Waals surface area contributed by atoms with Crippen molar-refractivity contribution in [3.8, 4) is 28.3 Å². The highest BCUT2D eigenvalue weighted by molar-refractivity contribution is 5.76. The molecule has 0 aliphatic heterocycles. The third kappa shape index (κ3) is 5.21. The van der Waals surface area contributed by atoms with Gasteiger partial charge in [0, 0.05) is 18.4 Å². The molecule has 0 radical (unpaired) electrons. The van der Waals surface area contributed by atoms with Crippen molar-refractivity contribution < 1.29 is 14.1 Å². The average Bonchev–Trinajstić information content (AvgIpc) is 3.32. The molecule has 0 aliphatic rings. The number of carbonyl (C=O) groups is 1.